The van der Waals surface area contributed by atoms with Gasteiger partial charge in [-0.05, 0) is 23.8 Å². The summed E-state index contributed by atoms with van der Waals surface area (Å²) >= 11 is 0. The van der Waals surface area contributed by atoms with Crippen LogP contribution < -0.4 is 5.32 Å². The number of amidine groups is 1. The lowest BCUT2D eigenvalue weighted by Crippen LogP contribution is -2.46. The van der Waals surface area contributed by atoms with E-state index in [1.807, 2.05) is 30.3 Å². The molecule has 8 heteroatoms. The van der Waals surface area contributed by atoms with Crippen molar-refractivity contribution in [1.82, 2.24) is 4.90 Å². The van der Waals surface area contributed by atoms with E-state index < -0.39 is 27.6 Å². The number of nitrogens with zero attached hydrogens (tertiary/aromatic N) is 2. The zero-order chi connectivity index (χ0) is 19.0. The molecule has 0 spiro atoms. The van der Waals surface area contributed by atoms with Gasteiger partial charge in [0.15, 0.2) is 11.7 Å². The van der Waals surface area contributed by atoms with Gasteiger partial charge in [0, 0.05) is 6.20 Å². The lowest BCUT2D eigenvalue weighted by molar-refractivity contribution is -0.136. The highest BCUT2D eigenvalue weighted by Gasteiger charge is 2.40. The Hall–Kier alpha value is -3.26. The number of hydrogen-bond acceptors (Lipinski definition) is 5. The molecule has 1 N–H and O–H groups in total. The lowest BCUT2D eigenvalue weighted by Gasteiger charge is -2.29. The number of carbonyl (C=O) groups excluding carboxylic acids is 2. The number of sulfonamides is 1. The van der Waals surface area contributed by atoms with Gasteiger partial charge in [0.2, 0.25) is 5.91 Å². The number of para-hydroxylation sites is 1. The summed E-state index contributed by atoms with van der Waals surface area (Å²) in [6, 6.07) is 15.5. The molecule has 1 amide bonds. The van der Waals surface area contributed by atoms with Gasteiger partial charge in [-0.2, -0.15) is 8.42 Å². The van der Waals surface area contributed by atoms with Crippen LogP contribution in [0.5, 0.6) is 0 Å². The summed E-state index contributed by atoms with van der Waals surface area (Å²) in [6.07, 6.45) is 2.69. The largest absolute Gasteiger partial charge is 0.341 e. The third-order valence-electron chi connectivity index (χ3n) is 4.35. The fraction of sp³-hybridized carbons (Fsp3) is 0.105. The second-order valence-electron chi connectivity index (χ2n) is 6.18. The van der Waals surface area contributed by atoms with E-state index in [-0.39, 0.29) is 17.3 Å². The zero-order valence-electron chi connectivity index (χ0n) is 14.1. The molecular weight excluding hydrogens is 366 g/mol. The Bertz CT molecular complexity index is 1090. The number of anilines is 1. The molecule has 0 aliphatic carbocycles. The predicted octanol–water partition coefficient (Wildman–Crippen LogP) is 1.94. The maximum atomic E-state index is 12.9. The second kappa shape index (κ2) is 6.48. The molecule has 2 aliphatic rings. The molecule has 0 radical (unpaired) electrons. The van der Waals surface area contributed by atoms with Crippen LogP contribution in [0.2, 0.25) is 0 Å². The van der Waals surface area contributed by atoms with Gasteiger partial charge in [-0.3, -0.25) is 9.59 Å². The summed E-state index contributed by atoms with van der Waals surface area (Å²) in [6.45, 7) is 0.274. The maximum absolute atomic E-state index is 12.9. The van der Waals surface area contributed by atoms with Crippen molar-refractivity contribution in [2.24, 2.45) is 10.3 Å². The molecule has 0 fully saturated rings. The standard InChI is InChI=1S/C19H15N3O4S/c23-15-10-11-22(12-13-6-2-1-3-7-13)19(24)17(15)18-20-14-8-4-5-9-16(14)27(25,26)21-18/h1-11,17H,12H2,(H,20,21). The molecule has 0 aromatic heterocycles. The number of carbonyl (C=O) groups is 2. The molecule has 2 heterocycles. The molecule has 27 heavy (non-hydrogen) atoms. The van der Waals surface area contributed by atoms with E-state index in [4.69, 9.17) is 0 Å². The Balaban J connectivity index is 1.67. The molecular formula is C19H15N3O4S. The van der Waals surface area contributed by atoms with Crippen LogP contribution in [-0.4, -0.2) is 30.8 Å². The fourth-order valence-corrected chi connectivity index (χ4v) is 4.20. The first kappa shape index (κ1) is 17.2. The molecule has 2 aromatic carbocycles. The molecule has 7 nitrogen and oxygen atoms in total. The van der Waals surface area contributed by atoms with Crippen molar-refractivity contribution in [3.8, 4) is 0 Å². The van der Waals surface area contributed by atoms with Gasteiger partial charge in [-0.25, -0.2) is 0 Å². The second-order valence-corrected chi connectivity index (χ2v) is 7.75. The van der Waals surface area contributed by atoms with Crippen molar-refractivity contribution in [3.05, 3.63) is 72.4 Å². The van der Waals surface area contributed by atoms with Gasteiger partial charge in [0.05, 0.1) is 12.2 Å². The van der Waals surface area contributed by atoms with E-state index in [1.165, 1.54) is 23.2 Å². The van der Waals surface area contributed by atoms with Crippen molar-refractivity contribution in [2.45, 2.75) is 11.4 Å². The molecule has 0 saturated carbocycles. The van der Waals surface area contributed by atoms with E-state index in [1.54, 1.807) is 18.2 Å². The van der Waals surface area contributed by atoms with Gasteiger partial charge < -0.3 is 10.2 Å². The summed E-state index contributed by atoms with van der Waals surface area (Å²) < 4.78 is 28.6. The smallest absolute Gasteiger partial charge is 0.286 e. The molecule has 0 bridgehead atoms. The van der Waals surface area contributed by atoms with Crippen molar-refractivity contribution in [2.75, 3.05) is 5.32 Å². The average Bonchev–Trinajstić information content (AvgIpc) is 2.65. The minimum atomic E-state index is -3.99. The Labute approximate surface area is 156 Å². The highest BCUT2D eigenvalue weighted by molar-refractivity contribution is 7.90. The molecule has 1 atom stereocenters. The average molecular weight is 381 g/mol. The van der Waals surface area contributed by atoms with Crippen LogP contribution in [0.4, 0.5) is 5.69 Å². The number of ketones is 1. The SMILES string of the molecule is O=C1C=CN(Cc2ccccc2)C(=O)C1C1=NS(=O)(=O)c2ccccc2N1. The molecule has 1 unspecified atom stereocenters. The Kier molecular flexibility index (Phi) is 4.12. The first-order valence-corrected chi connectivity index (χ1v) is 9.67. The van der Waals surface area contributed by atoms with Gasteiger partial charge in [0.25, 0.3) is 10.0 Å². The van der Waals surface area contributed by atoms with E-state index in [0.717, 1.165) is 5.56 Å². The highest BCUT2D eigenvalue weighted by Crippen LogP contribution is 2.29. The van der Waals surface area contributed by atoms with Crippen molar-refractivity contribution < 1.29 is 18.0 Å². The van der Waals surface area contributed by atoms with Crippen molar-refractivity contribution in [3.63, 3.8) is 0 Å². The Morgan fingerprint density at radius 2 is 1.70 bits per heavy atom. The van der Waals surface area contributed by atoms with Gasteiger partial charge in [0.1, 0.15) is 10.7 Å². The van der Waals surface area contributed by atoms with Crippen LogP contribution in [0.3, 0.4) is 0 Å². The van der Waals surface area contributed by atoms with Gasteiger partial charge in [-0.15, -0.1) is 4.40 Å². The van der Waals surface area contributed by atoms with Crippen LogP contribution >= 0.6 is 0 Å². The third-order valence-corrected chi connectivity index (χ3v) is 5.70. The molecule has 0 saturated heterocycles. The van der Waals surface area contributed by atoms with E-state index in [2.05, 4.69) is 9.71 Å². The summed E-state index contributed by atoms with van der Waals surface area (Å²) in [5, 5.41) is 2.84. The van der Waals surface area contributed by atoms with Crippen LogP contribution in [0, 0.1) is 5.92 Å². The number of allylic oxidation sites excluding steroid dienone is 1. The first-order chi connectivity index (χ1) is 13.0. The maximum Gasteiger partial charge on any atom is 0.286 e. The number of benzene rings is 2. The quantitative estimate of drug-likeness (QED) is 0.820. The fourth-order valence-electron chi connectivity index (χ4n) is 3.04. The van der Waals surface area contributed by atoms with Gasteiger partial charge >= 0.3 is 0 Å². The van der Waals surface area contributed by atoms with Crippen LogP contribution in [-0.2, 0) is 26.2 Å². The monoisotopic (exact) mass is 381 g/mol. The molecule has 2 aliphatic heterocycles. The number of hydrogen-bond donors (Lipinski definition) is 1. The van der Waals surface area contributed by atoms with Crippen molar-refractivity contribution >= 4 is 33.2 Å². The number of fused-ring (bicyclic) bond motifs is 1. The minimum absolute atomic E-state index is 0.0149. The highest BCUT2D eigenvalue weighted by atomic mass is 32.2. The molecule has 4 rings (SSSR count). The van der Waals surface area contributed by atoms with Crippen LogP contribution in [0.25, 0.3) is 0 Å². The number of nitrogens with one attached hydrogen (secondary N) is 1. The first-order valence-electron chi connectivity index (χ1n) is 8.23. The van der Waals surface area contributed by atoms with Crippen LogP contribution in [0.15, 0.2) is 76.2 Å². The summed E-state index contributed by atoms with van der Waals surface area (Å²) in [5.41, 5.74) is 1.19. The molecule has 2 aromatic rings. The predicted molar refractivity (Wildman–Crippen MR) is 99.3 cm³/mol. The number of amides is 1. The summed E-state index contributed by atoms with van der Waals surface area (Å²) in [4.78, 5) is 26.7. The van der Waals surface area contributed by atoms with Crippen molar-refractivity contribution in [1.29, 1.82) is 0 Å². The normalized spacial score (nSPS) is 20.7. The zero-order valence-corrected chi connectivity index (χ0v) is 14.9. The summed E-state index contributed by atoms with van der Waals surface area (Å²) in [5.74, 6) is -2.52. The molecule has 136 valence electrons. The van der Waals surface area contributed by atoms with E-state index in [9.17, 15) is 18.0 Å². The Morgan fingerprint density at radius 1 is 1.00 bits per heavy atom. The summed E-state index contributed by atoms with van der Waals surface area (Å²) in [7, 11) is -3.99. The van der Waals surface area contributed by atoms with E-state index >= 15 is 0 Å². The van der Waals surface area contributed by atoms with Gasteiger partial charge in [-0.1, -0.05) is 42.5 Å². The van der Waals surface area contributed by atoms with Crippen LogP contribution in [0.1, 0.15) is 5.56 Å². The third kappa shape index (κ3) is 3.15. The Morgan fingerprint density at radius 3 is 2.48 bits per heavy atom. The topological polar surface area (TPSA) is 95.9 Å². The minimum Gasteiger partial charge on any atom is -0.341 e. The lowest BCUT2D eigenvalue weighted by atomic mass is 9.97. The van der Waals surface area contributed by atoms with E-state index in [0.29, 0.717) is 5.69 Å². The number of rotatable bonds is 3.